The summed E-state index contributed by atoms with van der Waals surface area (Å²) in [6.07, 6.45) is 27.9. The molecule has 1 saturated carbocycles. The first kappa shape index (κ1) is 54.9. The molecule has 0 aliphatic heterocycles. The molecule has 1 aliphatic rings. The first-order valence-electron chi connectivity index (χ1n) is 23.6. The summed E-state index contributed by atoms with van der Waals surface area (Å²) >= 11 is 0. The molecule has 6 N–H and O–H groups in total. The quantitative estimate of drug-likeness (QED) is 0.0148. The molecule has 0 saturated heterocycles. The van der Waals surface area contributed by atoms with Crippen molar-refractivity contribution in [3.63, 3.8) is 0 Å². The van der Waals surface area contributed by atoms with Gasteiger partial charge in [0.05, 0.1) is 12.9 Å². The fourth-order valence-corrected chi connectivity index (χ4v) is 8.41. The van der Waals surface area contributed by atoms with E-state index in [9.17, 15) is 39.8 Å². The predicted octanol–water partition coefficient (Wildman–Crippen LogP) is 9.88. The van der Waals surface area contributed by atoms with Crippen molar-refractivity contribution in [1.82, 2.24) is 0 Å². The van der Waals surface area contributed by atoms with Gasteiger partial charge in [-0.2, -0.15) is 0 Å². The van der Waals surface area contributed by atoms with Crippen molar-refractivity contribution in [3.8, 4) is 0 Å². The van der Waals surface area contributed by atoms with E-state index in [0.29, 0.717) is 6.42 Å². The van der Waals surface area contributed by atoms with Crippen LogP contribution in [0.25, 0.3) is 0 Å². The topological polar surface area (TPSA) is 192 Å². The van der Waals surface area contributed by atoms with E-state index in [1.54, 1.807) is 0 Å². The number of phosphoric acid groups is 1. The number of hydrogen-bond donors (Lipinski definition) is 6. The summed E-state index contributed by atoms with van der Waals surface area (Å²) < 4.78 is 33.9. The highest BCUT2D eigenvalue weighted by atomic mass is 31.2. The van der Waals surface area contributed by atoms with Gasteiger partial charge in [-0.1, -0.05) is 187 Å². The molecule has 58 heavy (non-hydrogen) atoms. The molecule has 0 radical (unpaired) electrons. The molecule has 0 aromatic rings. The minimum Gasteiger partial charge on any atom is -0.498 e. The molecule has 0 heterocycles. The largest absolute Gasteiger partial charge is 0.498 e. The van der Waals surface area contributed by atoms with Crippen LogP contribution < -0.4 is 0 Å². The molecule has 0 aromatic carbocycles. The molecule has 13 heteroatoms. The SMILES string of the molecule is CCCCCCCCCCCCCCCC/C=C\OC[C@H](COP(=O)(O)OC1C(O)C(O)C(O)[C@@H](O)C1O)OC(=O)CCCCCCCCCCCCCCCCC. The van der Waals surface area contributed by atoms with Crippen LogP contribution in [0.5, 0.6) is 0 Å². The average Bonchev–Trinajstić information content (AvgIpc) is 3.21. The van der Waals surface area contributed by atoms with Gasteiger partial charge >= 0.3 is 13.8 Å². The molecule has 0 aromatic heterocycles. The monoisotopic (exact) mass is 851 g/mol. The highest BCUT2D eigenvalue weighted by molar-refractivity contribution is 7.47. The lowest BCUT2D eigenvalue weighted by atomic mass is 9.85. The number of carbonyl (C=O) groups is 1. The van der Waals surface area contributed by atoms with E-state index >= 15 is 0 Å². The third-order valence-electron chi connectivity index (χ3n) is 11.2. The van der Waals surface area contributed by atoms with Crippen LogP contribution in [0.4, 0.5) is 0 Å². The number of ether oxygens (including phenoxy) is 2. The summed E-state index contributed by atoms with van der Waals surface area (Å²) in [4.78, 5) is 23.1. The Morgan fingerprint density at radius 2 is 0.897 bits per heavy atom. The van der Waals surface area contributed by atoms with Crippen LogP contribution >= 0.6 is 7.82 Å². The predicted molar refractivity (Wildman–Crippen MR) is 230 cm³/mol. The Labute approximate surface area is 352 Å². The first-order valence-corrected chi connectivity index (χ1v) is 25.1. The van der Waals surface area contributed by atoms with E-state index in [0.717, 1.165) is 38.5 Å². The fourth-order valence-electron chi connectivity index (χ4n) is 7.44. The second-order valence-corrected chi connectivity index (χ2v) is 18.1. The van der Waals surface area contributed by atoms with Crippen LogP contribution in [0, 0.1) is 0 Å². The summed E-state index contributed by atoms with van der Waals surface area (Å²) in [6, 6.07) is 0. The van der Waals surface area contributed by atoms with Gasteiger partial charge in [0.25, 0.3) is 0 Å². The molecular formula is C45H87O12P. The lowest BCUT2D eigenvalue weighted by Crippen LogP contribution is -2.64. The van der Waals surface area contributed by atoms with Gasteiger partial charge in [-0.3, -0.25) is 13.8 Å². The molecule has 1 aliphatic carbocycles. The van der Waals surface area contributed by atoms with E-state index in [2.05, 4.69) is 13.8 Å². The Kier molecular flexibility index (Phi) is 34.6. The molecule has 12 nitrogen and oxygen atoms in total. The van der Waals surface area contributed by atoms with Gasteiger partial charge in [0, 0.05) is 6.42 Å². The van der Waals surface area contributed by atoms with Gasteiger partial charge in [-0.15, -0.1) is 0 Å². The minimum atomic E-state index is -5.03. The van der Waals surface area contributed by atoms with Gasteiger partial charge in [-0.25, -0.2) is 4.57 Å². The lowest BCUT2D eigenvalue weighted by molar-refractivity contribution is -0.220. The van der Waals surface area contributed by atoms with E-state index in [1.807, 2.05) is 6.08 Å². The van der Waals surface area contributed by atoms with Crippen LogP contribution in [-0.2, 0) is 27.9 Å². The van der Waals surface area contributed by atoms with Crippen molar-refractivity contribution in [2.45, 2.75) is 256 Å². The smallest absolute Gasteiger partial charge is 0.472 e. The summed E-state index contributed by atoms with van der Waals surface area (Å²) in [5.74, 6) is -0.495. The number of hydrogen-bond acceptors (Lipinski definition) is 11. The molecule has 0 amide bonds. The van der Waals surface area contributed by atoms with Crippen LogP contribution in [-0.4, -0.2) is 92.3 Å². The maximum atomic E-state index is 12.8. The fraction of sp³-hybridized carbons (Fsp3) is 0.933. The molecule has 1 fully saturated rings. The highest BCUT2D eigenvalue weighted by Gasteiger charge is 2.51. The van der Waals surface area contributed by atoms with Crippen LogP contribution in [0.3, 0.4) is 0 Å². The average molecular weight is 851 g/mol. The Morgan fingerprint density at radius 1 is 0.534 bits per heavy atom. The van der Waals surface area contributed by atoms with Gasteiger partial charge in [0.2, 0.25) is 0 Å². The van der Waals surface area contributed by atoms with Crippen LogP contribution in [0.2, 0.25) is 0 Å². The Morgan fingerprint density at radius 3 is 1.31 bits per heavy atom. The van der Waals surface area contributed by atoms with Gasteiger partial charge in [-0.05, 0) is 25.3 Å². The van der Waals surface area contributed by atoms with Gasteiger partial charge in [0.15, 0.2) is 6.10 Å². The van der Waals surface area contributed by atoms with Gasteiger partial charge in [0.1, 0.15) is 43.2 Å². The Hall–Kier alpha value is -1.08. The number of allylic oxidation sites excluding steroid dienone is 1. The number of aliphatic hydroxyl groups excluding tert-OH is 5. The normalized spacial score (nSPS) is 22.6. The third-order valence-corrected chi connectivity index (χ3v) is 12.2. The number of phosphoric ester groups is 1. The van der Waals surface area contributed by atoms with E-state index < -0.39 is 63.1 Å². The molecular weight excluding hydrogens is 763 g/mol. The summed E-state index contributed by atoms with van der Waals surface area (Å²) in [5.41, 5.74) is 0. The zero-order valence-electron chi connectivity index (χ0n) is 36.6. The number of esters is 1. The summed E-state index contributed by atoms with van der Waals surface area (Å²) in [5, 5.41) is 50.1. The van der Waals surface area contributed by atoms with E-state index in [-0.39, 0.29) is 13.0 Å². The lowest BCUT2D eigenvalue weighted by Gasteiger charge is -2.41. The minimum absolute atomic E-state index is 0.155. The van der Waals surface area contributed by atoms with Crippen LogP contribution in [0.1, 0.15) is 213 Å². The summed E-state index contributed by atoms with van der Waals surface area (Å²) in [7, 11) is -5.03. The highest BCUT2D eigenvalue weighted by Crippen LogP contribution is 2.47. The number of rotatable bonds is 40. The number of unbranched alkanes of at least 4 members (excludes halogenated alkanes) is 28. The van der Waals surface area contributed by atoms with E-state index in [4.69, 9.17) is 18.5 Å². The number of carbonyl (C=O) groups excluding carboxylic acids is 1. The molecule has 344 valence electrons. The second kappa shape index (κ2) is 36.6. The van der Waals surface area contributed by atoms with Crippen molar-refractivity contribution in [3.05, 3.63) is 12.3 Å². The maximum absolute atomic E-state index is 12.8. The second-order valence-electron chi connectivity index (χ2n) is 16.7. The zero-order chi connectivity index (χ0) is 42.7. The maximum Gasteiger partial charge on any atom is 0.472 e. The molecule has 0 spiro atoms. The third kappa shape index (κ3) is 28.4. The number of aliphatic hydroxyl groups is 5. The molecule has 6 unspecified atom stereocenters. The van der Waals surface area contributed by atoms with E-state index in [1.165, 1.54) is 154 Å². The first-order chi connectivity index (χ1) is 28.0. The summed E-state index contributed by atoms with van der Waals surface area (Å²) in [6.45, 7) is 3.75. The standard InChI is InChI=1S/C45H87O12P/c1-3-5-7-9-11-13-15-17-19-21-23-25-27-29-31-33-35-54-36-38(37-55-58(52,53)57-45-43(50)41(48)40(47)42(49)44(45)51)56-39(46)34-32-30-28-26-24-22-20-18-16-14-12-10-8-6-4-2/h33,35,38,40-45,47-51H,3-32,34,36-37H2,1-2H3,(H,52,53)/b35-33-/t38-,40?,41-,42?,43?,44?,45?/m1/s1. The van der Waals surface area contributed by atoms with Crippen LogP contribution in [0.15, 0.2) is 12.3 Å². The Balaban J connectivity index is 2.40. The zero-order valence-corrected chi connectivity index (χ0v) is 37.5. The Bertz CT molecular complexity index is 1020. The van der Waals surface area contributed by atoms with Crippen molar-refractivity contribution < 1.29 is 58.3 Å². The van der Waals surface area contributed by atoms with Gasteiger partial charge < -0.3 is 39.9 Å². The van der Waals surface area contributed by atoms with Crippen molar-refractivity contribution in [1.29, 1.82) is 0 Å². The van der Waals surface area contributed by atoms with Crippen molar-refractivity contribution in [2.24, 2.45) is 0 Å². The molecule has 1 rings (SSSR count). The molecule has 8 atom stereocenters. The van der Waals surface area contributed by atoms with Crippen molar-refractivity contribution >= 4 is 13.8 Å². The molecule has 0 bridgehead atoms. The van der Waals surface area contributed by atoms with Crippen molar-refractivity contribution in [2.75, 3.05) is 13.2 Å².